The van der Waals surface area contributed by atoms with Crippen molar-refractivity contribution in [1.82, 2.24) is 15.1 Å². The normalized spacial score (nSPS) is 31.6. The first-order valence-electron chi connectivity index (χ1n) is 8.04. The monoisotopic (exact) mass is 279 g/mol. The van der Waals surface area contributed by atoms with Gasteiger partial charge in [-0.1, -0.05) is 6.92 Å². The van der Waals surface area contributed by atoms with E-state index in [0.717, 1.165) is 51.7 Å². The highest BCUT2D eigenvalue weighted by atomic mass is 16.2. The van der Waals surface area contributed by atoms with Crippen molar-refractivity contribution in [3.63, 3.8) is 0 Å². The molecule has 0 saturated carbocycles. The van der Waals surface area contributed by atoms with Crippen molar-refractivity contribution in [1.29, 1.82) is 0 Å². The summed E-state index contributed by atoms with van der Waals surface area (Å²) in [5.74, 6) is 0.351. The number of hydrogen-bond acceptors (Lipinski definition) is 3. The summed E-state index contributed by atoms with van der Waals surface area (Å²) in [7, 11) is 0. The minimum absolute atomic E-state index is 0.158. The molecule has 3 aliphatic heterocycles. The Balaban J connectivity index is 1.77. The summed E-state index contributed by atoms with van der Waals surface area (Å²) in [6.07, 6.45) is 5.52. The number of hydrogen-bond donors (Lipinski definition) is 1. The fourth-order valence-corrected chi connectivity index (χ4v) is 4.04. The van der Waals surface area contributed by atoms with E-state index < -0.39 is 0 Å². The van der Waals surface area contributed by atoms with Gasteiger partial charge in [0.05, 0.1) is 0 Å². The average molecular weight is 279 g/mol. The number of carbonyl (C=O) groups excluding carboxylic acids is 2. The Morgan fingerprint density at radius 3 is 2.85 bits per heavy atom. The number of fused-ring (bicyclic) bond motifs is 2. The summed E-state index contributed by atoms with van der Waals surface area (Å²) in [5.41, 5.74) is 0. The predicted molar refractivity (Wildman–Crippen MR) is 76.2 cm³/mol. The molecule has 1 N–H and O–H groups in total. The fourth-order valence-electron chi connectivity index (χ4n) is 4.04. The third-order valence-corrected chi connectivity index (χ3v) is 5.07. The van der Waals surface area contributed by atoms with Crippen LogP contribution in [-0.4, -0.2) is 59.4 Å². The highest BCUT2D eigenvalue weighted by molar-refractivity contribution is 5.89. The molecule has 3 heterocycles. The summed E-state index contributed by atoms with van der Waals surface area (Å²) in [6.45, 7) is 4.69. The first-order chi connectivity index (χ1) is 9.72. The lowest BCUT2D eigenvalue weighted by Crippen LogP contribution is -2.53. The molecule has 0 aromatic carbocycles. The lowest BCUT2D eigenvalue weighted by Gasteiger charge is -2.35. The van der Waals surface area contributed by atoms with Gasteiger partial charge in [0.1, 0.15) is 6.04 Å². The van der Waals surface area contributed by atoms with Gasteiger partial charge in [-0.2, -0.15) is 0 Å². The summed E-state index contributed by atoms with van der Waals surface area (Å²) in [6, 6.07) is 0.488. The maximum atomic E-state index is 13.0. The molecule has 0 aliphatic carbocycles. The molecule has 0 aromatic rings. The number of amides is 2. The van der Waals surface area contributed by atoms with Gasteiger partial charge in [0, 0.05) is 31.6 Å². The molecule has 20 heavy (non-hydrogen) atoms. The Bertz CT molecular complexity index is 385. The zero-order valence-electron chi connectivity index (χ0n) is 12.3. The van der Waals surface area contributed by atoms with Crippen LogP contribution >= 0.6 is 0 Å². The second-order valence-corrected chi connectivity index (χ2v) is 6.24. The molecule has 0 spiro atoms. The van der Waals surface area contributed by atoms with E-state index in [2.05, 4.69) is 10.2 Å². The van der Waals surface area contributed by atoms with Crippen LogP contribution in [0.5, 0.6) is 0 Å². The largest absolute Gasteiger partial charge is 0.334 e. The number of nitrogens with one attached hydrogen (secondary N) is 1. The summed E-state index contributed by atoms with van der Waals surface area (Å²) < 4.78 is 0. The van der Waals surface area contributed by atoms with Gasteiger partial charge in [0.2, 0.25) is 11.8 Å². The van der Waals surface area contributed by atoms with Crippen LogP contribution < -0.4 is 5.32 Å². The first kappa shape index (κ1) is 13.9. The van der Waals surface area contributed by atoms with Crippen molar-refractivity contribution in [3.05, 3.63) is 0 Å². The molecule has 0 aromatic heterocycles. The van der Waals surface area contributed by atoms with Crippen molar-refractivity contribution < 1.29 is 9.59 Å². The van der Waals surface area contributed by atoms with Gasteiger partial charge in [0.15, 0.2) is 0 Å². The first-order valence-corrected chi connectivity index (χ1v) is 8.04. The Morgan fingerprint density at radius 1 is 1.35 bits per heavy atom. The molecule has 2 bridgehead atoms. The van der Waals surface area contributed by atoms with Crippen molar-refractivity contribution in [2.75, 3.05) is 19.6 Å². The SMILES string of the molecule is CCC(C(=O)N1C2CCNCC1CC2)N1CCCC1=O. The molecule has 3 aliphatic rings. The Labute approximate surface area is 120 Å². The van der Waals surface area contributed by atoms with Gasteiger partial charge in [-0.25, -0.2) is 0 Å². The van der Waals surface area contributed by atoms with Gasteiger partial charge in [-0.3, -0.25) is 9.59 Å². The molecular weight excluding hydrogens is 254 g/mol. The maximum absolute atomic E-state index is 13.0. The highest BCUT2D eigenvalue weighted by Gasteiger charge is 2.42. The standard InChI is InChI=1S/C15H25N3O2/c1-2-13(17-9-3-4-14(17)19)15(20)18-11-5-6-12(18)10-16-8-7-11/h11-13,16H,2-10H2,1H3. The number of rotatable bonds is 3. The van der Waals surface area contributed by atoms with E-state index >= 15 is 0 Å². The molecule has 0 radical (unpaired) electrons. The molecule has 3 unspecified atom stereocenters. The van der Waals surface area contributed by atoms with Crippen molar-refractivity contribution in [2.45, 2.75) is 63.6 Å². The lowest BCUT2D eigenvalue weighted by atomic mass is 10.1. The van der Waals surface area contributed by atoms with Gasteiger partial charge in [-0.05, 0) is 38.6 Å². The summed E-state index contributed by atoms with van der Waals surface area (Å²) in [4.78, 5) is 28.9. The number of nitrogens with zero attached hydrogens (tertiary/aromatic N) is 2. The van der Waals surface area contributed by atoms with E-state index in [4.69, 9.17) is 0 Å². The molecule has 3 fully saturated rings. The lowest BCUT2D eigenvalue weighted by molar-refractivity contribution is -0.145. The van der Waals surface area contributed by atoms with Crippen LogP contribution in [0.2, 0.25) is 0 Å². The van der Waals surface area contributed by atoms with Gasteiger partial charge in [-0.15, -0.1) is 0 Å². The molecule has 3 atom stereocenters. The van der Waals surface area contributed by atoms with Crippen LogP contribution in [0.4, 0.5) is 0 Å². The van der Waals surface area contributed by atoms with Gasteiger partial charge >= 0.3 is 0 Å². The average Bonchev–Trinajstić information content (AvgIpc) is 2.93. The van der Waals surface area contributed by atoms with E-state index in [0.29, 0.717) is 18.5 Å². The summed E-state index contributed by atoms with van der Waals surface area (Å²) in [5, 5.41) is 3.42. The van der Waals surface area contributed by atoms with Crippen LogP contribution in [0.15, 0.2) is 0 Å². The second-order valence-electron chi connectivity index (χ2n) is 6.24. The third kappa shape index (κ3) is 2.32. The molecule has 5 heteroatoms. The molecule has 3 rings (SSSR count). The van der Waals surface area contributed by atoms with E-state index in [-0.39, 0.29) is 17.9 Å². The third-order valence-electron chi connectivity index (χ3n) is 5.07. The van der Waals surface area contributed by atoms with Crippen molar-refractivity contribution in [2.24, 2.45) is 0 Å². The van der Waals surface area contributed by atoms with Crippen molar-refractivity contribution in [3.8, 4) is 0 Å². The number of carbonyl (C=O) groups is 2. The molecule has 2 amide bonds. The van der Waals surface area contributed by atoms with Crippen LogP contribution in [-0.2, 0) is 9.59 Å². The topological polar surface area (TPSA) is 52.7 Å². The molecule has 112 valence electrons. The fraction of sp³-hybridized carbons (Fsp3) is 0.867. The van der Waals surface area contributed by atoms with Crippen LogP contribution in [0.1, 0.15) is 45.4 Å². The molecule has 3 saturated heterocycles. The zero-order chi connectivity index (χ0) is 14.1. The van der Waals surface area contributed by atoms with Crippen LogP contribution in [0, 0.1) is 0 Å². The number of likely N-dealkylation sites (tertiary alicyclic amines) is 1. The van der Waals surface area contributed by atoms with Gasteiger partial charge < -0.3 is 15.1 Å². The van der Waals surface area contributed by atoms with E-state index in [1.54, 1.807) is 0 Å². The van der Waals surface area contributed by atoms with Crippen LogP contribution in [0.25, 0.3) is 0 Å². The second kappa shape index (κ2) is 5.72. The van der Waals surface area contributed by atoms with Crippen LogP contribution in [0.3, 0.4) is 0 Å². The quantitative estimate of drug-likeness (QED) is 0.829. The molecular formula is C15H25N3O2. The van der Waals surface area contributed by atoms with Gasteiger partial charge in [0.25, 0.3) is 0 Å². The Morgan fingerprint density at radius 2 is 2.15 bits per heavy atom. The zero-order valence-corrected chi connectivity index (χ0v) is 12.3. The molecule has 5 nitrogen and oxygen atoms in total. The maximum Gasteiger partial charge on any atom is 0.245 e. The minimum Gasteiger partial charge on any atom is -0.334 e. The summed E-state index contributed by atoms with van der Waals surface area (Å²) >= 11 is 0. The van der Waals surface area contributed by atoms with E-state index in [1.807, 2.05) is 11.8 Å². The van der Waals surface area contributed by atoms with Crippen molar-refractivity contribution >= 4 is 11.8 Å². The van der Waals surface area contributed by atoms with E-state index in [1.165, 1.54) is 0 Å². The van der Waals surface area contributed by atoms with E-state index in [9.17, 15) is 9.59 Å². The minimum atomic E-state index is -0.230. The Kier molecular flexibility index (Phi) is 3.96. The predicted octanol–water partition coefficient (Wildman–Crippen LogP) is 0.740. The highest BCUT2D eigenvalue weighted by Crippen LogP contribution is 2.30. The smallest absolute Gasteiger partial charge is 0.245 e. The Hall–Kier alpha value is -1.10.